The Bertz CT molecular complexity index is 452. The minimum Gasteiger partial charge on any atom is -0.492 e. The second kappa shape index (κ2) is 7.50. The summed E-state index contributed by atoms with van der Waals surface area (Å²) in [6.07, 6.45) is 0. The third-order valence-electron chi connectivity index (χ3n) is 3.18. The second-order valence-electron chi connectivity index (χ2n) is 5.33. The van der Waals surface area contributed by atoms with Crippen LogP contribution in [0.4, 0.5) is 0 Å². The Morgan fingerprint density at radius 3 is 2.35 bits per heavy atom. The molecule has 0 atom stereocenters. The summed E-state index contributed by atoms with van der Waals surface area (Å²) in [6.45, 7) is 10.2. The first kappa shape index (κ1) is 16.8. The minimum atomic E-state index is -0.0349. The van der Waals surface area contributed by atoms with E-state index < -0.39 is 0 Å². The van der Waals surface area contributed by atoms with Crippen LogP contribution in [-0.4, -0.2) is 36.0 Å². The third kappa shape index (κ3) is 4.69. The largest absolute Gasteiger partial charge is 0.492 e. The predicted molar refractivity (Wildman–Crippen MR) is 84.9 cm³/mol. The summed E-state index contributed by atoms with van der Waals surface area (Å²) in [7, 11) is 0. The number of nitrogen functional groups attached to an aromatic ring is 1. The van der Waals surface area contributed by atoms with Crippen molar-refractivity contribution in [2.45, 2.75) is 39.8 Å². The van der Waals surface area contributed by atoms with E-state index in [1.807, 2.05) is 0 Å². The summed E-state index contributed by atoms with van der Waals surface area (Å²) < 4.78 is 5.71. The molecule has 1 rings (SSSR count). The minimum absolute atomic E-state index is 0.0349. The Kier molecular flexibility index (Phi) is 6.30. The molecule has 20 heavy (non-hydrogen) atoms. The number of nitrogens with zero attached hydrogens (tertiary/aromatic N) is 1. The monoisotopic (exact) mass is 297 g/mol. The Balaban J connectivity index is 2.58. The lowest BCUT2D eigenvalue weighted by molar-refractivity contribution is 0.142. The average molecular weight is 298 g/mol. The summed E-state index contributed by atoms with van der Waals surface area (Å²) >= 11 is 6.06. The van der Waals surface area contributed by atoms with E-state index in [4.69, 9.17) is 27.5 Å². The zero-order valence-electron chi connectivity index (χ0n) is 12.6. The number of amidine groups is 1. The second-order valence-corrected chi connectivity index (χ2v) is 5.74. The lowest BCUT2D eigenvalue weighted by Gasteiger charge is -2.30. The van der Waals surface area contributed by atoms with Gasteiger partial charge in [0.15, 0.2) is 0 Å². The molecule has 3 N–H and O–H groups in total. The van der Waals surface area contributed by atoms with Crippen molar-refractivity contribution in [1.29, 1.82) is 5.41 Å². The lowest BCUT2D eigenvalue weighted by atomic mass is 10.2. The first-order chi connectivity index (χ1) is 9.32. The van der Waals surface area contributed by atoms with Crippen molar-refractivity contribution >= 4 is 17.4 Å². The van der Waals surface area contributed by atoms with E-state index in [1.165, 1.54) is 0 Å². The smallest absolute Gasteiger partial charge is 0.124 e. The summed E-state index contributed by atoms with van der Waals surface area (Å²) in [6, 6.07) is 6.18. The van der Waals surface area contributed by atoms with Crippen LogP contribution in [0.25, 0.3) is 0 Å². The summed E-state index contributed by atoms with van der Waals surface area (Å²) in [5.74, 6) is 0.666. The molecule has 0 aliphatic carbocycles. The van der Waals surface area contributed by atoms with Gasteiger partial charge in [0.1, 0.15) is 18.2 Å². The highest BCUT2D eigenvalue weighted by molar-refractivity contribution is 6.34. The number of ether oxygens (including phenoxy) is 1. The highest BCUT2D eigenvalue weighted by Crippen LogP contribution is 2.22. The molecule has 1 aromatic rings. The normalized spacial score (nSPS) is 11.4. The van der Waals surface area contributed by atoms with E-state index in [-0.39, 0.29) is 5.84 Å². The topological polar surface area (TPSA) is 62.3 Å². The molecule has 0 aliphatic heterocycles. The fourth-order valence-electron chi connectivity index (χ4n) is 2.19. The molecule has 0 fully saturated rings. The lowest BCUT2D eigenvalue weighted by Crippen LogP contribution is -2.39. The van der Waals surface area contributed by atoms with E-state index in [1.54, 1.807) is 18.2 Å². The maximum absolute atomic E-state index is 7.38. The van der Waals surface area contributed by atoms with E-state index in [2.05, 4.69) is 32.6 Å². The molecule has 0 spiro atoms. The molecule has 0 radical (unpaired) electrons. The van der Waals surface area contributed by atoms with E-state index in [9.17, 15) is 0 Å². The molecule has 0 unspecified atom stereocenters. The van der Waals surface area contributed by atoms with Gasteiger partial charge in [-0.1, -0.05) is 11.6 Å². The molecule has 1 aromatic carbocycles. The zero-order chi connectivity index (χ0) is 15.3. The van der Waals surface area contributed by atoms with Gasteiger partial charge >= 0.3 is 0 Å². The fraction of sp³-hybridized carbons (Fsp3) is 0.533. The van der Waals surface area contributed by atoms with Crippen molar-refractivity contribution in [3.63, 3.8) is 0 Å². The van der Waals surface area contributed by atoms with Crippen LogP contribution in [0.3, 0.4) is 0 Å². The average Bonchev–Trinajstić information content (AvgIpc) is 2.33. The van der Waals surface area contributed by atoms with Gasteiger partial charge in [0.25, 0.3) is 0 Å². The molecule has 0 saturated carbocycles. The highest BCUT2D eigenvalue weighted by atomic mass is 35.5. The molecule has 0 amide bonds. The molecular weight excluding hydrogens is 274 g/mol. The molecule has 0 aromatic heterocycles. The summed E-state index contributed by atoms with van der Waals surface area (Å²) in [4.78, 5) is 2.37. The number of hydrogen-bond donors (Lipinski definition) is 2. The van der Waals surface area contributed by atoms with Gasteiger partial charge in [-0.05, 0) is 45.9 Å². The summed E-state index contributed by atoms with van der Waals surface area (Å²) in [5, 5.41) is 7.83. The Hall–Kier alpha value is -1.26. The van der Waals surface area contributed by atoms with Crippen LogP contribution in [0.1, 0.15) is 33.3 Å². The fourth-order valence-corrected chi connectivity index (χ4v) is 2.46. The van der Waals surface area contributed by atoms with Crippen molar-refractivity contribution in [3.05, 3.63) is 28.8 Å². The Labute approximate surface area is 126 Å². The first-order valence-corrected chi connectivity index (χ1v) is 7.23. The number of rotatable bonds is 7. The molecule has 4 nitrogen and oxygen atoms in total. The molecular formula is C15H24ClN3O. The molecule has 0 saturated heterocycles. The number of nitrogens with one attached hydrogen (secondary N) is 1. The van der Waals surface area contributed by atoms with E-state index in [0.29, 0.717) is 35.0 Å². The van der Waals surface area contributed by atoms with Gasteiger partial charge in [0.2, 0.25) is 0 Å². The molecule has 5 heteroatoms. The van der Waals surface area contributed by atoms with Crippen LogP contribution in [-0.2, 0) is 0 Å². The van der Waals surface area contributed by atoms with Crippen LogP contribution in [0.15, 0.2) is 18.2 Å². The van der Waals surface area contributed by atoms with Crippen molar-refractivity contribution < 1.29 is 4.74 Å². The first-order valence-electron chi connectivity index (χ1n) is 6.85. The van der Waals surface area contributed by atoms with Gasteiger partial charge in [-0.25, -0.2) is 0 Å². The maximum Gasteiger partial charge on any atom is 0.124 e. The molecule has 0 aliphatic rings. The molecule has 112 valence electrons. The molecule has 0 heterocycles. The molecule has 0 bridgehead atoms. The van der Waals surface area contributed by atoms with Crippen molar-refractivity contribution in [2.24, 2.45) is 5.73 Å². The van der Waals surface area contributed by atoms with Crippen LogP contribution in [0.5, 0.6) is 5.75 Å². The van der Waals surface area contributed by atoms with E-state index in [0.717, 1.165) is 6.54 Å². The third-order valence-corrected chi connectivity index (χ3v) is 3.49. The summed E-state index contributed by atoms with van der Waals surface area (Å²) in [5.41, 5.74) is 5.95. The van der Waals surface area contributed by atoms with Crippen LogP contribution in [0.2, 0.25) is 5.02 Å². The van der Waals surface area contributed by atoms with Gasteiger partial charge in [-0.15, -0.1) is 0 Å². The Morgan fingerprint density at radius 2 is 1.90 bits per heavy atom. The Morgan fingerprint density at radius 1 is 1.30 bits per heavy atom. The zero-order valence-corrected chi connectivity index (χ0v) is 13.4. The SMILES string of the molecule is CC(C)N(CCOc1ccc(C(=N)N)c(Cl)c1)C(C)C. The standard InChI is InChI=1S/C15H24ClN3O/c1-10(2)19(11(3)4)7-8-20-12-5-6-13(15(17)18)14(16)9-12/h5-6,9-11H,7-8H2,1-4H3,(H3,17,18). The van der Waals surface area contributed by atoms with Crippen molar-refractivity contribution in [1.82, 2.24) is 4.90 Å². The van der Waals surface area contributed by atoms with E-state index >= 15 is 0 Å². The van der Waals surface area contributed by atoms with Crippen LogP contribution < -0.4 is 10.5 Å². The van der Waals surface area contributed by atoms with Gasteiger partial charge in [-0.2, -0.15) is 0 Å². The predicted octanol–water partition coefficient (Wildman–Crippen LogP) is 3.12. The number of benzene rings is 1. The van der Waals surface area contributed by atoms with Gasteiger partial charge in [0.05, 0.1) is 5.02 Å². The van der Waals surface area contributed by atoms with Gasteiger partial charge < -0.3 is 10.5 Å². The highest BCUT2D eigenvalue weighted by Gasteiger charge is 2.13. The van der Waals surface area contributed by atoms with Crippen molar-refractivity contribution in [3.8, 4) is 5.75 Å². The van der Waals surface area contributed by atoms with Gasteiger partial charge in [0, 0.05) is 24.2 Å². The van der Waals surface area contributed by atoms with Crippen molar-refractivity contribution in [2.75, 3.05) is 13.2 Å². The van der Waals surface area contributed by atoms with Gasteiger partial charge in [-0.3, -0.25) is 10.3 Å². The number of nitrogens with two attached hydrogens (primary N) is 1. The van der Waals surface area contributed by atoms with Crippen LogP contribution >= 0.6 is 11.6 Å². The number of hydrogen-bond acceptors (Lipinski definition) is 3. The quantitative estimate of drug-likeness (QED) is 0.600. The van der Waals surface area contributed by atoms with Crippen LogP contribution in [0, 0.1) is 5.41 Å². The maximum atomic E-state index is 7.38. The number of halogens is 1.